The molecule has 0 aliphatic heterocycles. The molecule has 5 nitrogen and oxygen atoms in total. The van der Waals surface area contributed by atoms with Crippen LogP contribution in [-0.4, -0.2) is 33.3 Å². The van der Waals surface area contributed by atoms with E-state index in [9.17, 15) is 4.79 Å². The van der Waals surface area contributed by atoms with Crippen LogP contribution in [0.1, 0.15) is 5.56 Å². The zero-order valence-electron chi connectivity index (χ0n) is 13.5. The maximum Gasteiger partial charge on any atom is 0.322 e. The summed E-state index contributed by atoms with van der Waals surface area (Å²) in [5.41, 5.74) is 8.60. The topological polar surface area (TPSA) is 70.8 Å². The van der Waals surface area contributed by atoms with Crippen LogP contribution < -0.4 is 15.2 Å². The Hall–Kier alpha value is -2.53. The van der Waals surface area contributed by atoms with Gasteiger partial charge in [0.1, 0.15) is 17.5 Å². The molecule has 0 spiro atoms. The average molecular weight is 315 g/mol. The van der Waals surface area contributed by atoms with E-state index in [0.29, 0.717) is 6.42 Å². The lowest BCUT2D eigenvalue weighted by Crippen LogP contribution is -2.33. The summed E-state index contributed by atoms with van der Waals surface area (Å²) in [6, 6.07) is 12.8. The first-order valence-electron chi connectivity index (χ1n) is 7.24. The first kappa shape index (κ1) is 16.8. The SMILES string of the molecule is COC(=O)C(N)Cc1ccc(-c2c(OC)cccc2OC)cc1. The van der Waals surface area contributed by atoms with Crippen LogP contribution in [0, 0.1) is 0 Å². The fraction of sp³-hybridized carbons (Fsp3) is 0.278. The highest BCUT2D eigenvalue weighted by Gasteiger charge is 2.15. The first-order valence-corrected chi connectivity index (χ1v) is 7.24. The molecule has 0 aromatic heterocycles. The molecule has 5 heteroatoms. The predicted octanol–water partition coefficient (Wildman–Crippen LogP) is 2.41. The number of ether oxygens (including phenoxy) is 3. The molecule has 122 valence electrons. The lowest BCUT2D eigenvalue weighted by atomic mass is 9.99. The number of carbonyl (C=O) groups excluding carboxylic acids is 1. The Labute approximate surface area is 136 Å². The molecule has 23 heavy (non-hydrogen) atoms. The third-order valence-electron chi connectivity index (χ3n) is 3.63. The van der Waals surface area contributed by atoms with Gasteiger partial charge in [0.2, 0.25) is 0 Å². The molecule has 0 aliphatic carbocycles. The highest BCUT2D eigenvalue weighted by molar-refractivity contribution is 5.77. The van der Waals surface area contributed by atoms with Gasteiger partial charge in [-0.25, -0.2) is 0 Å². The Kier molecular flexibility index (Phi) is 5.60. The summed E-state index contributed by atoms with van der Waals surface area (Å²) in [5.74, 6) is 1.06. The van der Waals surface area contributed by atoms with Crippen LogP contribution in [0.5, 0.6) is 11.5 Å². The third-order valence-corrected chi connectivity index (χ3v) is 3.63. The summed E-state index contributed by atoms with van der Waals surface area (Å²) < 4.78 is 15.5. The van der Waals surface area contributed by atoms with Crippen molar-refractivity contribution in [2.75, 3.05) is 21.3 Å². The molecule has 2 rings (SSSR count). The number of benzene rings is 2. The van der Waals surface area contributed by atoms with Gasteiger partial charge in [-0.1, -0.05) is 30.3 Å². The number of hydrogen-bond acceptors (Lipinski definition) is 5. The maximum atomic E-state index is 11.4. The van der Waals surface area contributed by atoms with Crippen LogP contribution in [0.15, 0.2) is 42.5 Å². The number of rotatable bonds is 6. The van der Waals surface area contributed by atoms with Crippen LogP contribution in [0.3, 0.4) is 0 Å². The summed E-state index contributed by atoms with van der Waals surface area (Å²) in [5, 5.41) is 0. The second kappa shape index (κ2) is 7.65. The molecule has 0 amide bonds. The van der Waals surface area contributed by atoms with E-state index >= 15 is 0 Å². The van der Waals surface area contributed by atoms with E-state index in [4.69, 9.17) is 15.2 Å². The zero-order chi connectivity index (χ0) is 16.8. The van der Waals surface area contributed by atoms with Gasteiger partial charge in [-0.3, -0.25) is 4.79 Å². The van der Waals surface area contributed by atoms with Gasteiger partial charge in [0.15, 0.2) is 0 Å². The first-order chi connectivity index (χ1) is 11.1. The molecule has 0 bridgehead atoms. The van der Waals surface area contributed by atoms with Gasteiger partial charge in [-0.05, 0) is 29.7 Å². The van der Waals surface area contributed by atoms with E-state index in [1.165, 1.54) is 7.11 Å². The van der Waals surface area contributed by atoms with Crippen LogP contribution in [0.4, 0.5) is 0 Å². The molecule has 2 N–H and O–H groups in total. The third kappa shape index (κ3) is 3.81. The van der Waals surface area contributed by atoms with Crippen molar-refractivity contribution in [1.29, 1.82) is 0 Å². The lowest BCUT2D eigenvalue weighted by molar-refractivity contribution is -0.142. The van der Waals surface area contributed by atoms with Crippen molar-refractivity contribution in [2.45, 2.75) is 12.5 Å². The van der Waals surface area contributed by atoms with Crippen molar-refractivity contribution in [3.05, 3.63) is 48.0 Å². The summed E-state index contributed by atoms with van der Waals surface area (Å²) in [7, 11) is 4.59. The van der Waals surface area contributed by atoms with Gasteiger partial charge in [0.05, 0.1) is 26.9 Å². The highest BCUT2D eigenvalue weighted by Crippen LogP contribution is 2.38. The molecule has 0 radical (unpaired) electrons. The molecule has 2 aromatic carbocycles. The molecule has 1 unspecified atom stereocenters. The molecule has 1 atom stereocenters. The summed E-state index contributed by atoms with van der Waals surface area (Å²) in [4.78, 5) is 11.4. The minimum atomic E-state index is -0.661. The molecule has 0 saturated carbocycles. The lowest BCUT2D eigenvalue weighted by Gasteiger charge is -2.14. The molecule has 0 heterocycles. The minimum Gasteiger partial charge on any atom is -0.496 e. The fourth-order valence-electron chi connectivity index (χ4n) is 2.43. The Morgan fingerprint density at radius 1 is 1.00 bits per heavy atom. The standard InChI is InChI=1S/C18H21NO4/c1-21-15-5-4-6-16(22-2)17(15)13-9-7-12(8-10-13)11-14(19)18(20)23-3/h4-10,14H,11,19H2,1-3H3. The quantitative estimate of drug-likeness (QED) is 0.829. The van der Waals surface area contributed by atoms with Crippen LogP contribution in [-0.2, 0) is 16.0 Å². The van der Waals surface area contributed by atoms with E-state index in [1.54, 1.807) is 14.2 Å². The van der Waals surface area contributed by atoms with Crippen molar-refractivity contribution in [2.24, 2.45) is 5.73 Å². The number of nitrogens with two attached hydrogens (primary N) is 1. The average Bonchev–Trinajstić information content (AvgIpc) is 2.60. The van der Waals surface area contributed by atoms with Crippen LogP contribution in [0.2, 0.25) is 0 Å². The summed E-state index contributed by atoms with van der Waals surface area (Å²) >= 11 is 0. The molecule has 2 aromatic rings. The Morgan fingerprint density at radius 3 is 2.04 bits per heavy atom. The molecular weight excluding hydrogens is 294 g/mol. The second-order valence-electron chi connectivity index (χ2n) is 5.07. The number of hydrogen-bond donors (Lipinski definition) is 1. The van der Waals surface area contributed by atoms with E-state index in [0.717, 1.165) is 28.2 Å². The fourth-order valence-corrected chi connectivity index (χ4v) is 2.43. The number of carbonyl (C=O) groups is 1. The molecule has 0 fully saturated rings. The van der Waals surface area contributed by atoms with Gasteiger partial charge in [-0.15, -0.1) is 0 Å². The van der Waals surface area contributed by atoms with Crippen LogP contribution in [0.25, 0.3) is 11.1 Å². The van der Waals surface area contributed by atoms with Crippen molar-refractivity contribution in [3.63, 3.8) is 0 Å². The van der Waals surface area contributed by atoms with Crippen molar-refractivity contribution < 1.29 is 19.0 Å². The second-order valence-corrected chi connectivity index (χ2v) is 5.07. The largest absolute Gasteiger partial charge is 0.496 e. The predicted molar refractivity (Wildman–Crippen MR) is 88.7 cm³/mol. The van der Waals surface area contributed by atoms with Gasteiger partial charge < -0.3 is 19.9 Å². The maximum absolute atomic E-state index is 11.4. The monoisotopic (exact) mass is 315 g/mol. The van der Waals surface area contributed by atoms with Gasteiger partial charge in [0, 0.05) is 0 Å². The number of esters is 1. The van der Waals surface area contributed by atoms with Gasteiger partial charge >= 0.3 is 5.97 Å². The van der Waals surface area contributed by atoms with Crippen LogP contribution >= 0.6 is 0 Å². The highest BCUT2D eigenvalue weighted by atomic mass is 16.5. The van der Waals surface area contributed by atoms with E-state index in [1.807, 2.05) is 42.5 Å². The normalized spacial score (nSPS) is 11.7. The van der Waals surface area contributed by atoms with Gasteiger partial charge in [0.25, 0.3) is 0 Å². The summed E-state index contributed by atoms with van der Waals surface area (Å²) in [6.45, 7) is 0. The van der Waals surface area contributed by atoms with E-state index in [-0.39, 0.29) is 0 Å². The Morgan fingerprint density at radius 2 is 1.57 bits per heavy atom. The molecule has 0 saturated heterocycles. The van der Waals surface area contributed by atoms with Gasteiger partial charge in [-0.2, -0.15) is 0 Å². The minimum absolute atomic E-state index is 0.416. The zero-order valence-corrected chi connectivity index (χ0v) is 13.5. The Bertz CT molecular complexity index is 645. The van der Waals surface area contributed by atoms with Crippen molar-refractivity contribution in [1.82, 2.24) is 0 Å². The Balaban J connectivity index is 2.28. The molecular formula is C18H21NO4. The summed E-state index contributed by atoms with van der Waals surface area (Å²) in [6.07, 6.45) is 0.427. The van der Waals surface area contributed by atoms with Crippen molar-refractivity contribution >= 4 is 5.97 Å². The molecule has 0 aliphatic rings. The smallest absolute Gasteiger partial charge is 0.322 e. The van der Waals surface area contributed by atoms with E-state index in [2.05, 4.69) is 4.74 Å². The van der Waals surface area contributed by atoms with Crippen molar-refractivity contribution in [3.8, 4) is 22.6 Å². The number of methoxy groups -OCH3 is 3. The van der Waals surface area contributed by atoms with E-state index < -0.39 is 12.0 Å².